The van der Waals surface area contributed by atoms with Gasteiger partial charge in [0.25, 0.3) is 10.1 Å². The zero-order valence-electron chi connectivity index (χ0n) is 22.0. The Labute approximate surface area is 215 Å². The molecule has 0 aliphatic rings. The molecule has 0 spiro atoms. The van der Waals surface area contributed by atoms with Gasteiger partial charge in [0.1, 0.15) is 12.2 Å². The summed E-state index contributed by atoms with van der Waals surface area (Å²) in [6, 6.07) is 6.56. The molecule has 0 aliphatic heterocycles. The van der Waals surface area contributed by atoms with Gasteiger partial charge in [-0.25, -0.2) is 4.79 Å². The summed E-state index contributed by atoms with van der Waals surface area (Å²) in [7, 11) is -3.71. The molecule has 0 aromatic heterocycles. The molecule has 0 saturated heterocycles. The number of carbonyl (C=O) groups excluding carboxylic acids is 1. The molecule has 208 valence electrons. The molecule has 0 fully saturated rings. The van der Waals surface area contributed by atoms with Gasteiger partial charge in [0.2, 0.25) is 0 Å². The highest BCUT2D eigenvalue weighted by Crippen LogP contribution is 2.13. The van der Waals surface area contributed by atoms with Crippen LogP contribution in [0.15, 0.2) is 29.2 Å². The molecule has 0 atom stereocenters. The fourth-order valence-electron chi connectivity index (χ4n) is 2.65. The number of carbonyl (C=O) groups is 1. The summed E-state index contributed by atoms with van der Waals surface area (Å²) in [5.74, 6) is -0.395. The number of unbranched alkanes of at least 4 members (excludes halogenated alkanes) is 1. The zero-order chi connectivity index (χ0) is 26.7. The van der Waals surface area contributed by atoms with Crippen LogP contribution in [0.25, 0.3) is 0 Å². The molecule has 0 heterocycles. The van der Waals surface area contributed by atoms with E-state index in [0.717, 1.165) is 5.56 Å². The minimum atomic E-state index is -3.71. The van der Waals surface area contributed by atoms with Gasteiger partial charge in [0, 0.05) is 6.61 Å². The summed E-state index contributed by atoms with van der Waals surface area (Å²) in [4.78, 5) is 11.6. The first kappa shape index (κ1) is 32.4. The van der Waals surface area contributed by atoms with Gasteiger partial charge in [-0.15, -0.1) is 0 Å². The highest BCUT2D eigenvalue weighted by molar-refractivity contribution is 7.86. The molecule has 0 radical (unpaired) electrons. The number of aryl methyl sites for hydroxylation is 1. The molecule has 0 saturated carbocycles. The van der Waals surface area contributed by atoms with Gasteiger partial charge < -0.3 is 28.4 Å². The predicted molar refractivity (Wildman–Crippen MR) is 133 cm³/mol. The third-order valence-electron chi connectivity index (χ3n) is 4.36. The third kappa shape index (κ3) is 17.8. The van der Waals surface area contributed by atoms with Crippen molar-refractivity contribution in [2.24, 2.45) is 0 Å². The van der Waals surface area contributed by atoms with E-state index in [-0.39, 0.29) is 18.1 Å². The fourth-order valence-corrected chi connectivity index (χ4v) is 3.60. The van der Waals surface area contributed by atoms with Gasteiger partial charge in [0.15, 0.2) is 0 Å². The van der Waals surface area contributed by atoms with E-state index in [9.17, 15) is 13.2 Å². The quantitative estimate of drug-likeness (QED) is 0.132. The molecule has 1 rings (SSSR count). The predicted octanol–water partition coefficient (Wildman–Crippen LogP) is 2.91. The van der Waals surface area contributed by atoms with Gasteiger partial charge in [-0.3, -0.25) is 4.18 Å². The lowest BCUT2D eigenvalue weighted by Gasteiger charge is -2.19. The van der Waals surface area contributed by atoms with Crippen LogP contribution in [0.1, 0.15) is 39.2 Å². The summed E-state index contributed by atoms with van der Waals surface area (Å²) in [5.41, 5.74) is 0.475. The minimum absolute atomic E-state index is 0.0918. The van der Waals surface area contributed by atoms with Crippen LogP contribution in [-0.4, -0.2) is 92.7 Å². The minimum Gasteiger partial charge on any atom is -0.458 e. The zero-order valence-corrected chi connectivity index (χ0v) is 22.8. The maximum absolute atomic E-state index is 12.1. The van der Waals surface area contributed by atoms with Gasteiger partial charge in [0.05, 0.1) is 64.4 Å². The lowest BCUT2D eigenvalue weighted by molar-refractivity contribution is -0.160. The number of benzene rings is 1. The molecule has 0 aliphatic carbocycles. The number of rotatable bonds is 21. The fraction of sp³-hybridized carbons (Fsp3) is 0.720. The Bertz CT molecular complexity index is 803. The van der Waals surface area contributed by atoms with Crippen LogP contribution in [0, 0.1) is 6.92 Å². The number of ether oxygens (including phenoxy) is 6. The Morgan fingerprint density at radius 3 is 1.64 bits per heavy atom. The Morgan fingerprint density at radius 1 is 0.694 bits per heavy atom. The van der Waals surface area contributed by atoms with Crippen molar-refractivity contribution in [1.29, 1.82) is 0 Å². The molecular formula is C25H42O10S. The average molecular weight is 535 g/mol. The second kappa shape index (κ2) is 18.6. The van der Waals surface area contributed by atoms with Crippen molar-refractivity contribution in [3.63, 3.8) is 0 Å². The van der Waals surface area contributed by atoms with Crippen molar-refractivity contribution in [2.75, 3.05) is 72.7 Å². The summed E-state index contributed by atoms with van der Waals surface area (Å²) >= 11 is 0. The Kier molecular flexibility index (Phi) is 16.8. The van der Waals surface area contributed by atoms with Crippen molar-refractivity contribution in [1.82, 2.24) is 0 Å². The topological polar surface area (TPSA) is 116 Å². The standard InChI is InChI=1S/C25H42O10S/c1-22-7-9-23(10-8-22)36(27,28)34-12-6-5-11-29-13-14-30-15-16-31-17-18-32-19-20-33-21-24(26)35-25(2,3)4/h7-10H,5-6,11-21H2,1-4H3. The molecule has 1 aromatic carbocycles. The van der Waals surface area contributed by atoms with Gasteiger partial charge in [-0.1, -0.05) is 17.7 Å². The first-order valence-electron chi connectivity index (χ1n) is 12.2. The SMILES string of the molecule is Cc1ccc(S(=O)(=O)OCCCCOCCOCCOCCOCCOCC(=O)OC(C)(C)C)cc1. The van der Waals surface area contributed by atoms with E-state index in [2.05, 4.69) is 0 Å². The van der Waals surface area contributed by atoms with Crippen molar-refractivity contribution >= 4 is 16.1 Å². The van der Waals surface area contributed by atoms with Gasteiger partial charge >= 0.3 is 5.97 Å². The lowest BCUT2D eigenvalue weighted by Crippen LogP contribution is -2.27. The monoisotopic (exact) mass is 534 g/mol. The van der Waals surface area contributed by atoms with E-state index >= 15 is 0 Å². The number of hydrogen-bond donors (Lipinski definition) is 0. The summed E-state index contributed by atoms with van der Waals surface area (Å²) in [6.45, 7) is 11.2. The Balaban J connectivity index is 1.81. The van der Waals surface area contributed by atoms with Crippen molar-refractivity contribution in [2.45, 2.75) is 51.0 Å². The van der Waals surface area contributed by atoms with Crippen LogP contribution in [0.3, 0.4) is 0 Å². The van der Waals surface area contributed by atoms with Crippen molar-refractivity contribution in [3.8, 4) is 0 Å². The van der Waals surface area contributed by atoms with Gasteiger partial charge in [-0.2, -0.15) is 8.42 Å². The Hall–Kier alpha value is -1.60. The molecule has 0 N–H and O–H groups in total. The average Bonchev–Trinajstić information content (AvgIpc) is 2.79. The van der Waals surface area contributed by atoms with E-state index < -0.39 is 21.7 Å². The van der Waals surface area contributed by atoms with Crippen LogP contribution in [0.4, 0.5) is 0 Å². The largest absolute Gasteiger partial charge is 0.458 e. The normalized spacial score (nSPS) is 12.1. The number of esters is 1. The maximum atomic E-state index is 12.1. The molecule has 1 aromatic rings. The molecular weight excluding hydrogens is 492 g/mol. The molecule has 10 nitrogen and oxygen atoms in total. The van der Waals surface area contributed by atoms with E-state index in [1.165, 1.54) is 0 Å². The van der Waals surface area contributed by atoms with E-state index in [4.69, 9.17) is 32.6 Å². The van der Waals surface area contributed by atoms with Crippen LogP contribution in [0.2, 0.25) is 0 Å². The van der Waals surface area contributed by atoms with Gasteiger partial charge in [-0.05, 0) is 52.7 Å². The second-order valence-electron chi connectivity index (χ2n) is 8.88. The summed E-state index contributed by atoms with van der Waals surface area (Å²) in [6.07, 6.45) is 1.27. The van der Waals surface area contributed by atoms with E-state index in [1.54, 1.807) is 45.0 Å². The first-order valence-corrected chi connectivity index (χ1v) is 13.6. The molecule has 0 amide bonds. The number of hydrogen-bond acceptors (Lipinski definition) is 10. The Morgan fingerprint density at radius 2 is 1.14 bits per heavy atom. The van der Waals surface area contributed by atoms with E-state index in [1.807, 2.05) is 6.92 Å². The van der Waals surface area contributed by atoms with Crippen LogP contribution >= 0.6 is 0 Å². The van der Waals surface area contributed by atoms with Crippen LogP contribution < -0.4 is 0 Å². The van der Waals surface area contributed by atoms with Crippen molar-refractivity contribution < 1.29 is 45.8 Å². The van der Waals surface area contributed by atoms with Crippen LogP contribution in [0.5, 0.6) is 0 Å². The lowest BCUT2D eigenvalue weighted by atomic mass is 10.2. The summed E-state index contributed by atoms with van der Waals surface area (Å²) < 4.78 is 61.1. The summed E-state index contributed by atoms with van der Waals surface area (Å²) in [5, 5.41) is 0. The first-order chi connectivity index (χ1) is 17.1. The third-order valence-corrected chi connectivity index (χ3v) is 5.69. The van der Waals surface area contributed by atoms with Crippen molar-refractivity contribution in [3.05, 3.63) is 29.8 Å². The molecule has 11 heteroatoms. The highest BCUT2D eigenvalue weighted by atomic mass is 32.2. The van der Waals surface area contributed by atoms with E-state index in [0.29, 0.717) is 72.3 Å². The smallest absolute Gasteiger partial charge is 0.332 e. The molecule has 0 unspecified atom stereocenters. The maximum Gasteiger partial charge on any atom is 0.332 e. The second-order valence-corrected chi connectivity index (χ2v) is 10.5. The highest BCUT2D eigenvalue weighted by Gasteiger charge is 2.16. The molecule has 36 heavy (non-hydrogen) atoms. The molecule has 0 bridgehead atoms. The van der Waals surface area contributed by atoms with Crippen LogP contribution in [-0.2, 0) is 47.5 Å².